The molecule has 26 heavy (non-hydrogen) atoms. The van der Waals surface area contributed by atoms with E-state index in [2.05, 4.69) is 42.7 Å². The van der Waals surface area contributed by atoms with Crippen LogP contribution in [0.4, 0.5) is 0 Å². The molecule has 3 fully saturated rings. The van der Waals surface area contributed by atoms with E-state index in [1.165, 1.54) is 31.2 Å². The molecule has 4 rings (SSSR count). The lowest BCUT2D eigenvalue weighted by atomic mass is 9.46. The van der Waals surface area contributed by atoms with Gasteiger partial charge in [0.05, 0.1) is 19.8 Å². The molecule has 0 amide bonds. The monoisotopic (exact) mass is 357 g/mol. The summed E-state index contributed by atoms with van der Waals surface area (Å²) in [7, 11) is 1.72. The van der Waals surface area contributed by atoms with Crippen LogP contribution in [-0.2, 0) is 11.3 Å². The van der Waals surface area contributed by atoms with Crippen molar-refractivity contribution in [2.45, 2.75) is 58.2 Å². The first kappa shape index (κ1) is 17.7. The van der Waals surface area contributed by atoms with Crippen LogP contribution in [0.2, 0.25) is 0 Å². The lowest BCUT2D eigenvalue weighted by Crippen LogP contribution is -2.72. The zero-order chi connectivity index (χ0) is 18.1. The summed E-state index contributed by atoms with van der Waals surface area (Å²) in [6.45, 7) is 6.59. The Morgan fingerprint density at radius 1 is 1.38 bits per heavy atom. The van der Waals surface area contributed by atoms with Crippen molar-refractivity contribution in [3.8, 4) is 5.75 Å². The number of fused-ring (bicyclic) bond motifs is 2. The van der Waals surface area contributed by atoms with Crippen LogP contribution in [0.25, 0.3) is 0 Å². The number of aliphatic imine (C=N–C) groups is 1. The highest BCUT2D eigenvalue weighted by Gasteiger charge is 2.66. The smallest absolute Gasteiger partial charge is 0.191 e. The second-order valence-corrected chi connectivity index (χ2v) is 7.96. The number of nitrogens with one attached hydrogen (secondary N) is 2. The lowest BCUT2D eigenvalue weighted by Gasteiger charge is -2.63. The number of rotatable bonds is 5. The van der Waals surface area contributed by atoms with Crippen molar-refractivity contribution in [2.75, 3.05) is 20.3 Å². The van der Waals surface area contributed by atoms with Gasteiger partial charge in [-0.15, -0.1) is 0 Å². The number of hydrogen-bond acceptors (Lipinski definition) is 3. The number of methoxy groups -OCH3 is 1. The molecule has 5 heteroatoms. The van der Waals surface area contributed by atoms with Gasteiger partial charge in [0, 0.05) is 36.1 Å². The average molecular weight is 357 g/mol. The fourth-order valence-corrected chi connectivity index (χ4v) is 5.07. The molecule has 142 valence electrons. The number of ether oxygens (including phenoxy) is 2. The summed E-state index contributed by atoms with van der Waals surface area (Å²) in [5.74, 6) is 2.47. The zero-order valence-corrected chi connectivity index (χ0v) is 16.2. The van der Waals surface area contributed by atoms with E-state index in [4.69, 9.17) is 14.5 Å². The Hall–Kier alpha value is -1.75. The van der Waals surface area contributed by atoms with E-state index in [9.17, 15) is 0 Å². The van der Waals surface area contributed by atoms with Crippen LogP contribution < -0.4 is 15.4 Å². The summed E-state index contributed by atoms with van der Waals surface area (Å²) in [6.07, 6.45) is 5.57. The van der Waals surface area contributed by atoms with Crippen LogP contribution in [0.15, 0.2) is 23.2 Å². The van der Waals surface area contributed by atoms with Gasteiger partial charge in [-0.2, -0.15) is 0 Å². The quantitative estimate of drug-likeness (QED) is 0.628. The standard InChI is InChI=1S/C21H31N3O2/c1-4-22-20(23-13-15-7-6-14(2)12-17(15)25-3)24-18-16-8-11-26-19(16)21(18)9-5-10-21/h6-7,12,16,18-19H,4-5,8-11,13H2,1-3H3,(H2,22,23,24). The Labute approximate surface area is 156 Å². The van der Waals surface area contributed by atoms with Gasteiger partial charge < -0.3 is 20.1 Å². The first-order chi connectivity index (χ1) is 12.7. The van der Waals surface area contributed by atoms with Crippen LogP contribution in [-0.4, -0.2) is 38.4 Å². The molecule has 0 radical (unpaired) electrons. The normalized spacial score (nSPS) is 28.9. The Morgan fingerprint density at radius 3 is 2.92 bits per heavy atom. The highest BCUT2D eigenvalue weighted by Crippen LogP contribution is 2.62. The molecule has 0 bridgehead atoms. The average Bonchev–Trinajstić information content (AvgIpc) is 3.01. The van der Waals surface area contributed by atoms with Gasteiger partial charge in [0.15, 0.2) is 5.96 Å². The van der Waals surface area contributed by atoms with Gasteiger partial charge in [0.2, 0.25) is 0 Å². The number of hydrogen-bond donors (Lipinski definition) is 2. The second kappa shape index (κ2) is 7.10. The van der Waals surface area contributed by atoms with Gasteiger partial charge in [-0.1, -0.05) is 18.6 Å². The highest BCUT2D eigenvalue weighted by molar-refractivity contribution is 5.80. The first-order valence-corrected chi connectivity index (χ1v) is 9.98. The minimum atomic E-state index is 0.360. The summed E-state index contributed by atoms with van der Waals surface area (Å²) in [4.78, 5) is 4.86. The summed E-state index contributed by atoms with van der Waals surface area (Å²) in [5, 5.41) is 7.18. The molecule has 1 aromatic carbocycles. The van der Waals surface area contributed by atoms with E-state index >= 15 is 0 Å². The largest absolute Gasteiger partial charge is 0.496 e. The van der Waals surface area contributed by atoms with Gasteiger partial charge >= 0.3 is 0 Å². The Morgan fingerprint density at radius 2 is 2.23 bits per heavy atom. The van der Waals surface area contributed by atoms with Crippen molar-refractivity contribution < 1.29 is 9.47 Å². The predicted octanol–water partition coefficient (Wildman–Crippen LogP) is 3.02. The predicted molar refractivity (Wildman–Crippen MR) is 104 cm³/mol. The van der Waals surface area contributed by atoms with Crippen LogP contribution in [0, 0.1) is 18.3 Å². The number of benzene rings is 1. The summed E-state index contributed by atoms with van der Waals surface area (Å²) in [6, 6.07) is 6.80. The molecular formula is C21H31N3O2. The molecule has 2 N–H and O–H groups in total. The van der Waals surface area contributed by atoms with Crippen LogP contribution >= 0.6 is 0 Å². The third kappa shape index (κ3) is 2.86. The maximum atomic E-state index is 6.04. The maximum absolute atomic E-state index is 6.04. The summed E-state index contributed by atoms with van der Waals surface area (Å²) >= 11 is 0. The Kier molecular flexibility index (Phi) is 4.82. The van der Waals surface area contributed by atoms with E-state index in [0.717, 1.165) is 30.4 Å². The molecule has 1 heterocycles. The van der Waals surface area contributed by atoms with Gasteiger partial charge in [0.1, 0.15) is 5.75 Å². The van der Waals surface area contributed by atoms with Crippen molar-refractivity contribution in [1.82, 2.24) is 10.6 Å². The van der Waals surface area contributed by atoms with Crippen molar-refractivity contribution >= 4 is 5.96 Å². The number of guanidine groups is 1. The third-order valence-electron chi connectivity index (χ3n) is 6.52. The molecule has 0 aromatic heterocycles. The van der Waals surface area contributed by atoms with Gasteiger partial charge in [-0.05, 0) is 44.7 Å². The van der Waals surface area contributed by atoms with Gasteiger partial charge in [-0.25, -0.2) is 4.99 Å². The molecule has 5 nitrogen and oxygen atoms in total. The zero-order valence-electron chi connectivity index (χ0n) is 16.2. The topological polar surface area (TPSA) is 54.9 Å². The molecule has 3 atom stereocenters. The number of aryl methyl sites for hydroxylation is 1. The summed E-state index contributed by atoms with van der Waals surface area (Å²) in [5.41, 5.74) is 2.68. The second-order valence-electron chi connectivity index (χ2n) is 7.96. The maximum Gasteiger partial charge on any atom is 0.191 e. The van der Waals surface area contributed by atoms with Crippen LogP contribution in [0.5, 0.6) is 5.75 Å². The van der Waals surface area contributed by atoms with Crippen molar-refractivity contribution in [1.29, 1.82) is 0 Å². The van der Waals surface area contributed by atoms with Crippen molar-refractivity contribution in [2.24, 2.45) is 16.3 Å². The molecule has 1 aliphatic heterocycles. The molecule has 2 aliphatic carbocycles. The Bertz CT molecular complexity index is 684. The molecule has 2 saturated carbocycles. The SMILES string of the molecule is CCNC(=NCc1ccc(C)cc1OC)NC1C2CCOC2C12CCC2. The third-order valence-corrected chi connectivity index (χ3v) is 6.52. The molecule has 1 spiro atoms. The Balaban J connectivity index is 1.48. The minimum Gasteiger partial charge on any atom is -0.496 e. The highest BCUT2D eigenvalue weighted by atomic mass is 16.5. The summed E-state index contributed by atoms with van der Waals surface area (Å²) < 4.78 is 11.6. The van der Waals surface area contributed by atoms with E-state index in [1.54, 1.807) is 7.11 Å². The van der Waals surface area contributed by atoms with Crippen LogP contribution in [0.3, 0.4) is 0 Å². The molecule has 1 saturated heterocycles. The molecule has 3 aliphatic rings. The van der Waals surface area contributed by atoms with E-state index in [0.29, 0.717) is 30.0 Å². The van der Waals surface area contributed by atoms with Crippen LogP contribution in [0.1, 0.15) is 43.7 Å². The fourth-order valence-electron chi connectivity index (χ4n) is 5.07. The van der Waals surface area contributed by atoms with Crippen molar-refractivity contribution in [3.63, 3.8) is 0 Å². The van der Waals surface area contributed by atoms with E-state index in [1.807, 2.05) is 0 Å². The van der Waals surface area contributed by atoms with Gasteiger partial charge in [0.25, 0.3) is 0 Å². The van der Waals surface area contributed by atoms with E-state index in [-0.39, 0.29) is 0 Å². The lowest BCUT2D eigenvalue weighted by molar-refractivity contribution is -0.171. The van der Waals surface area contributed by atoms with Crippen molar-refractivity contribution in [3.05, 3.63) is 29.3 Å². The first-order valence-electron chi connectivity index (χ1n) is 9.98. The van der Waals surface area contributed by atoms with E-state index < -0.39 is 0 Å². The van der Waals surface area contributed by atoms with Gasteiger partial charge in [-0.3, -0.25) is 0 Å². The minimum absolute atomic E-state index is 0.360. The molecular weight excluding hydrogens is 326 g/mol. The molecule has 1 aromatic rings. The fraction of sp³-hybridized carbons (Fsp3) is 0.667. The molecule has 3 unspecified atom stereocenters. The number of nitrogens with zero attached hydrogens (tertiary/aromatic N) is 1.